The van der Waals surface area contributed by atoms with Crippen molar-refractivity contribution >= 4 is 11.9 Å². The van der Waals surface area contributed by atoms with Crippen LogP contribution in [-0.2, 0) is 24.8 Å². The van der Waals surface area contributed by atoms with Crippen molar-refractivity contribution in [2.24, 2.45) is 11.8 Å². The predicted octanol–water partition coefficient (Wildman–Crippen LogP) is 2.94. The second-order valence-electron chi connectivity index (χ2n) is 6.19. The van der Waals surface area contributed by atoms with Crippen LogP contribution in [0.5, 0.6) is 5.75 Å². The zero-order valence-corrected chi connectivity index (χ0v) is 13.6. The van der Waals surface area contributed by atoms with Gasteiger partial charge in [-0.2, -0.15) is 0 Å². The largest absolute Gasteiger partial charge is 0.426 e. The smallest absolute Gasteiger partial charge is 0.313 e. The number of carbonyl (C=O) groups is 2. The third-order valence-electron chi connectivity index (χ3n) is 3.37. The van der Waals surface area contributed by atoms with E-state index in [0.717, 1.165) is 5.56 Å². The fraction of sp³-hybridized carbons (Fsp3) is 0.529. The lowest BCUT2D eigenvalue weighted by atomic mass is 10.1. The van der Waals surface area contributed by atoms with Crippen molar-refractivity contribution in [3.63, 3.8) is 0 Å². The Balaban J connectivity index is 2.30. The van der Waals surface area contributed by atoms with E-state index in [2.05, 4.69) is 0 Å². The molecule has 1 atom stereocenters. The molecule has 2 rings (SSSR count). The molecule has 1 fully saturated rings. The van der Waals surface area contributed by atoms with Crippen molar-refractivity contribution in [2.75, 3.05) is 6.61 Å². The minimum absolute atomic E-state index is 0.248. The molecule has 0 bridgehead atoms. The molecule has 0 saturated carbocycles. The van der Waals surface area contributed by atoms with Gasteiger partial charge in [0.15, 0.2) is 0 Å². The fourth-order valence-corrected chi connectivity index (χ4v) is 1.87. The second-order valence-corrected chi connectivity index (χ2v) is 6.19. The number of carbonyl (C=O) groups excluding carboxylic acids is 2. The van der Waals surface area contributed by atoms with Crippen LogP contribution in [0.1, 0.15) is 38.8 Å². The van der Waals surface area contributed by atoms with Gasteiger partial charge in [-0.05, 0) is 24.6 Å². The van der Waals surface area contributed by atoms with Crippen LogP contribution in [0.15, 0.2) is 18.2 Å². The van der Waals surface area contributed by atoms with Crippen LogP contribution in [0.3, 0.4) is 0 Å². The van der Waals surface area contributed by atoms with Crippen LogP contribution in [0.2, 0.25) is 0 Å². The number of benzene rings is 1. The molecule has 5 nitrogen and oxygen atoms in total. The van der Waals surface area contributed by atoms with E-state index >= 15 is 0 Å². The monoisotopic (exact) mass is 306 g/mol. The number of aryl methyl sites for hydroxylation is 1. The number of esters is 2. The van der Waals surface area contributed by atoms with E-state index in [1.165, 1.54) is 0 Å². The first-order valence-corrected chi connectivity index (χ1v) is 7.45. The lowest BCUT2D eigenvalue weighted by molar-refractivity contribution is -0.164. The van der Waals surface area contributed by atoms with Crippen molar-refractivity contribution in [1.29, 1.82) is 0 Å². The van der Waals surface area contributed by atoms with Crippen LogP contribution in [0, 0.1) is 18.8 Å². The van der Waals surface area contributed by atoms with Gasteiger partial charge in [0, 0.05) is 0 Å². The summed E-state index contributed by atoms with van der Waals surface area (Å²) in [6, 6.07) is 5.40. The lowest BCUT2D eigenvalue weighted by Gasteiger charge is -2.19. The third kappa shape index (κ3) is 3.47. The van der Waals surface area contributed by atoms with Crippen LogP contribution in [0.4, 0.5) is 0 Å². The Morgan fingerprint density at radius 2 is 1.73 bits per heavy atom. The molecule has 22 heavy (non-hydrogen) atoms. The van der Waals surface area contributed by atoms with Gasteiger partial charge in [0.2, 0.25) is 0 Å². The quantitative estimate of drug-likeness (QED) is 0.475. The van der Waals surface area contributed by atoms with Crippen LogP contribution in [0.25, 0.3) is 0 Å². The molecule has 1 aliphatic heterocycles. The van der Waals surface area contributed by atoms with E-state index in [1.807, 2.05) is 13.0 Å². The van der Waals surface area contributed by atoms with Crippen molar-refractivity contribution in [3.05, 3.63) is 29.3 Å². The topological polar surface area (TPSA) is 65.1 Å². The maximum absolute atomic E-state index is 11.9. The molecule has 1 heterocycles. The summed E-state index contributed by atoms with van der Waals surface area (Å²) >= 11 is 0. The Morgan fingerprint density at radius 1 is 1.14 bits per heavy atom. The van der Waals surface area contributed by atoms with Crippen LogP contribution in [-0.4, -0.2) is 18.5 Å². The second kappa shape index (κ2) is 6.08. The molecular formula is C17H22O5. The number of rotatable bonds is 5. The highest BCUT2D eigenvalue weighted by molar-refractivity contribution is 5.75. The maximum atomic E-state index is 11.9. The normalized spacial score (nSPS) is 20.1. The zero-order chi connectivity index (χ0) is 16.5. The van der Waals surface area contributed by atoms with Crippen LogP contribution >= 0.6 is 0 Å². The van der Waals surface area contributed by atoms with Gasteiger partial charge in [-0.25, -0.2) is 0 Å². The summed E-state index contributed by atoms with van der Waals surface area (Å²) in [5.41, 5.74) is 1.52. The average molecular weight is 306 g/mol. The van der Waals surface area contributed by atoms with E-state index in [9.17, 15) is 9.59 Å². The first kappa shape index (κ1) is 16.5. The molecule has 0 N–H and O–H groups in total. The Morgan fingerprint density at radius 3 is 2.23 bits per heavy atom. The molecule has 1 aliphatic rings. The van der Waals surface area contributed by atoms with Crippen molar-refractivity contribution < 1.29 is 23.8 Å². The zero-order valence-electron chi connectivity index (χ0n) is 13.6. The average Bonchev–Trinajstić information content (AvgIpc) is 3.19. The summed E-state index contributed by atoms with van der Waals surface area (Å²) in [5.74, 6) is -1.93. The first-order chi connectivity index (χ1) is 10.2. The molecule has 1 unspecified atom stereocenters. The Labute approximate surface area is 130 Å². The van der Waals surface area contributed by atoms with Crippen molar-refractivity contribution in [1.82, 2.24) is 0 Å². The SMILES string of the molecule is Cc1ccc(C2(OC(=O)C(C)C)CO2)c(OC(=O)C(C)C)c1. The van der Waals surface area contributed by atoms with Gasteiger partial charge in [0.1, 0.15) is 12.4 Å². The molecule has 5 heteroatoms. The van der Waals surface area contributed by atoms with E-state index in [4.69, 9.17) is 14.2 Å². The molecule has 0 amide bonds. The Hall–Kier alpha value is -1.88. The molecule has 0 aromatic heterocycles. The fourth-order valence-electron chi connectivity index (χ4n) is 1.87. The summed E-state index contributed by atoms with van der Waals surface area (Å²) in [7, 11) is 0. The van der Waals surface area contributed by atoms with Gasteiger partial charge in [-0.1, -0.05) is 33.8 Å². The molecule has 0 aliphatic carbocycles. The van der Waals surface area contributed by atoms with Crippen molar-refractivity contribution in [2.45, 2.75) is 40.4 Å². The minimum atomic E-state index is -1.12. The number of ether oxygens (including phenoxy) is 3. The lowest BCUT2D eigenvalue weighted by Crippen LogP contribution is -2.24. The van der Waals surface area contributed by atoms with Crippen molar-refractivity contribution in [3.8, 4) is 5.75 Å². The summed E-state index contributed by atoms with van der Waals surface area (Å²) in [6.07, 6.45) is 0. The van der Waals surface area contributed by atoms with E-state index < -0.39 is 5.79 Å². The molecule has 1 saturated heterocycles. The van der Waals surface area contributed by atoms with E-state index in [0.29, 0.717) is 11.3 Å². The van der Waals surface area contributed by atoms with Crippen LogP contribution < -0.4 is 4.74 Å². The molecule has 1 aromatic carbocycles. The Kier molecular flexibility index (Phi) is 4.56. The highest BCUT2D eigenvalue weighted by atomic mass is 16.8. The molecule has 0 radical (unpaired) electrons. The van der Waals surface area contributed by atoms with Gasteiger partial charge in [-0.15, -0.1) is 0 Å². The highest BCUT2D eigenvalue weighted by Crippen LogP contribution is 2.45. The number of hydrogen-bond donors (Lipinski definition) is 0. The summed E-state index contributed by atoms with van der Waals surface area (Å²) in [6.45, 7) is 9.21. The van der Waals surface area contributed by atoms with E-state index in [1.54, 1.807) is 39.8 Å². The number of hydrogen-bond acceptors (Lipinski definition) is 5. The van der Waals surface area contributed by atoms with Gasteiger partial charge in [0.05, 0.1) is 17.4 Å². The summed E-state index contributed by atoms with van der Waals surface area (Å²) < 4.78 is 16.3. The van der Waals surface area contributed by atoms with E-state index in [-0.39, 0.29) is 30.4 Å². The predicted molar refractivity (Wildman–Crippen MR) is 80.2 cm³/mol. The standard InChI is InChI=1S/C17H22O5/c1-10(2)15(18)21-14-8-12(5)6-7-13(14)17(9-20-17)22-16(19)11(3)4/h6-8,10-11H,9H2,1-5H3. The third-order valence-corrected chi connectivity index (χ3v) is 3.37. The number of epoxide rings is 1. The molecule has 120 valence electrons. The highest BCUT2D eigenvalue weighted by Gasteiger charge is 2.53. The summed E-state index contributed by atoms with van der Waals surface area (Å²) in [5, 5.41) is 0. The molecule has 0 spiro atoms. The van der Waals surface area contributed by atoms with Gasteiger partial charge < -0.3 is 14.2 Å². The first-order valence-electron chi connectivity index (χ1n) is 7.45. The van der Waals surface area contributed by atoms with Gasteiger partial charge >= 0.3 is 11.9 Å². The Bertz CT molecular complexity index is 585. The molecular weight excluding hydrogens is 284 g/mol. The van der Waals surface area contributed by atoms with Gasteiger partial charge in [0.25, 0.3) is 5.79 Å². The van der Waals surface area contributed by atoms with Gasteiger partial charge in [-0.3, -0.25) is 9.59 Å². The maximum Gasteiger partial charge on any atom is 0.313 e. The minimum Gasteiger partial charge on any atom is -0.426 e. The molecule has 1 aromatic rings. The summed E-state index contributed by atoms with van der Waals surface area (Å²) in [4.78, 5) is 23.8.